The molecule has 140 valence electrons. The summed E-state index contributed by atoms with van der Waals surface area (Å²) in [6.07, 6.45) is 4.48. The number of carbonyl (C=O) groups excluding carboxylic acids is 1. The lowest BCUT2D eigenvalue weighted by Gasteiger charge is -2.36. The highest BCUT2D eigenvalue weighted by molar-refractivity contribution is 7.13. The van der Waals surface area contributed by atoms with Crippen LogP contribution in [0.3, 0.4) is 0 Å². The molecule has 1 saturated heterocycles. The second-order valence-corrected chi connectivity index (χ2v) is 8.21. The van der Waals surface area contributed by atoms with Crippen molar-refractivity contribution < 1.29 is 14.3 Å². The molecule has 0 saturated carbocycles. The minimum absolute atomic E-state index is 0.0326. The Bertz CT molecular complexity index is 752. The lowest BCUT2D eigenvalue weighted by atomic mass is 10.0. The van der Waals surface area contributed by atoms with Gasteiger partial charge in [0.25, 0.3) is 0 Å². The van der Waals surface area contributed by atoms with Crippen LogP contribution in [-0.4, -0.2) is 40.2 Å². The second-order valence-electron chi connectivity index (χ2n) is 7.35. The molecule has 1 amide bonds. The SMILES string of the molecule is COc1ccc(-c2nc([C@H]3CCCCN3C(=O)OC(C)(C)C)cs2)cn1. The number of aromatic nitrogens is 2. The van der Waals surface area contributed by atoms with Gasteiger partial charge in [-0.2, -0.15) is 0 Å². The van der Waals surface area contributed by atoms with E-state index >= 15 is 0 Å². The van der Waals surface area contributed by atoms with Gasteiger partial charge >= 0.3 is 6.09 Å². The fraction of sp³-hybridized carbons (Fsp3) is 0.526. The smallest absolute Gasteiger partial charge is 0.410 e. The largest absolute Gasteiger partial charge is 0.481 e. The number of rotatable bonds is 3. The predicted molar refractivity (Wildman–Crippen MR) is 101 cm³/mol. The number of thiazole rings is 1. The Labute approximate surface area is 158 Å². The summed E-state index contributed by atoms with van der Waals surface area (Å²) < 4.78 is 10.7. The third-order valence-corrected chi connectivity index (χ3v) is 5.10. The number of hydrogen-bond acceptors (Lipinski definition) is 6. The average Bonchev–Trinajstić information content (AvgIpc) is 3.10. The van der Waals surface area contributed by atoms with Crippen molar-refractivity contribution in [2.75, 3.05) is 13.7 Å². The van der Waals surface area contributed by atoms with Gasteiger partial charge < -0.3 is 9.47 Å². The molecule has 1 aliphatic heterocycles. The highest BCUT2D eigenvalue weighted by Gasteiger charge is 2.32. The van der Waals surface area contributed by atoms with Gasteiger partial charge in [0, 0.05) is 29.8 Å². The zero-order valence-electron chi connectivity index (χ0n) is 15.7. The molecule has 0 radical (unpaired) electrons. The number of carbonyl (C=O) groups is 1. The first-order chi connectivity index (χ1) is 12.4. The maximum Gasteiger partial charge on any atom is 0.410 e. The molecule has 0 N–H and O–H groups in total. The second kappa shape index (κ2) is 7.61. The van der Waals surface area contributed by atoms with Crippen molar-refractivity contribution in [3.05, 3.63) is 29.4 Å². The Morgan fingerprint density at radius 3 is 2.77 bits per heavy atom. The van der Waals surface area contributed by atoms with Crippen molar-refractivity contribution in [1.29, 1.82) is 0 Å². The van der Waals surface area contributed by atoms with Crippen molar-refractivity contribution in [2.24, 2.45) is 0 Å². The lowest BCUT2D eigenvalue weighted by molar-refractivity contribution is 0.00908. The molecule has 1 aliphatic rings. The van der Waals surface area contributed by atoms with Crippen LogP contribution in [0.5, 0.6) is 5.88 Å². The van der Waals surface area contributed by atoms with E-state index in [1.807, 2.05) is 43.2 Å². The van der Waals surface area contributed by atoms with E-state index in [0.29, 0.717) is 12.4 Å². The molecule has 0 aliphatic carbocycles. The quantitative estimate of drug-likeness (QED) is 0.779. The summed E-state index contributed by atoms with van der Waals surface area (Å²) in [7, 11) is 1.60. The zero-order valence-corrected chi connectivity index (χ0v) is 16.5. The molecule has 3 rings (SSSR count). The van der Waals surface area contributed by atoms with Gasteiger partial charge in [-0.25, -0.2) is 14.8 Å². The van der Waals surface area contributed by atoms with Crippen LogP contribution in [0.15, 0.2) is 23.7 Å². The molecule has 2 aromatic rings. The first-order valence-corrected chi connectivity index (χ1v) is 9.71. The van der Waals surface area contributed by atoms with Gasteiger partial charge in [-0.15, -0.1) is 11.3 Å². The molecular weight excluding hydrogens is 350 g/mol. The van der Waals surface area contributed by atoms with Crippen LogP contribution >= 0.6 is 11.3 Å². The van der Waals surface area contributed by atoms with Gasteiger partial charge in [0.15, 0.2) is 0 Å². The van der Waals surface area contributed by atoms with Gasteiger partial charge in [0.2, 0.25) is 5.88 Å². The summed E-state index contributed by atoms with van der Waals surface area (Å²) in [5, 5.41) is 2.93. The summed E-state index contributed by atoms with van der Waals surface area (Å²) in [6, 6.07) is 3.74. The minimum atomic E-state index is -0.499. The van der Waals surface area contributed by atoms with E-state index in [4.69, 9.17) is 14.5 Å². The first-order valence-electron chi connectivity index (χ1n) is 8.83. The van der Waals surface area contributed by atoms with E-state index in [1.165, 1.54) is 0 Å². The van der Waals surface area contributed by atoms with Crippen molar-refractivity contribution >= 4 is 17.4 Å². The molecule has 3 heterocycles. The number of pyridine rings is 1. The predicted octanol–water partition coefficient (Wildman–Crippen LogP) is 4.68. The fourth-order valence-corrected chi connectivity index (χ4v) is 3.83. The number of ether oxygens (including phenoxy) is 2. The van der Waals surface area contributed by atoms with Gasteiger partial charge in [-0.05, 0) is 46.1 Å². The normalized spacial score (nSPS) is 17.8. The van der Waals surface area contributed by atoms with Crippen LogP contribution in [0.2, 0.25) is 0 Å². The molecule has 6 nitrogen and oxygen atoms in total. The van der Waals surface area contributed by atoms with Gasteiger partial charge in [-0.3, -0.25) is 4.90 Å². The van der Waals surface area contributed by atoms with Crippen LogP contribution in [0.25, 0.3) is 10.6 Å². The summed E-state index contributed by atoms with van der Waals surface area (Å²) in [5.41, 5.74) is 1.37. The van der Waals surface area contributed by atoms with Gasteiger partial charge in [0.05, 0.1) is 18.8 Å². The zero-order chi connectivity index (χ0) is 18.7. The van der Waals surface area contributed by atoms with Gasteiger partial charge in [0.1, 0.15) is 10.6 Å². The number of likely N-dealkylation sites (tertiary alicyclic amines) is 1. The summed E-state index contributed by atoms with van der Waals surface area (Å²) >= 11 is 1.57. The molecule has 0 bridgehead atoms. The van der Waals surface area contributed by atoms with E-state index in [1.54, 1.807) is 24.6 Å². The number of amides is 1. The molecule has 26 heavy (non-hydrogen) atoms. The fourth-order valence-electron chi connectivity index (χ4n) is 2.98. The Hall–Kier alpha value is -2.15. The maximum atomic E-state index is 12.6. The number of hydrogen-bond donors (Lipinski definition) is 0. The highest BCUT2D eigenvalue weighted by atomic mass is 32.1. The first kappa shape index (κ1) is 18.6. The third-order valence-electron chi connectivity index (χ3n) is 4.19. The monoisotopic (exact) mass is 375 g/mol. The van der Waals surface area contributed by atoms with Gasteiger partial charge in [-0.1, -0.05) is 0 Å². The maximum absolute atomic E-state index is 12.6. The van der Waals surface area contributed by atoms with Crippen LogP contribution in [0.4, 0.5) is 4.79 Å². The Morgan fingerprint density at radius 2 is 2.12 bits per heavy atom. The number of methoxy groups -OCH3 is 1. The van der Waals surface area contributed by atoms with Crippen LogP contribution < -0.4 is 4.74 Å². The summed E-state index contributed by atoms with van der Waals surface area (Å²) in [6.45, 7) is 6.38. The molecule has 1 atom stereocenters. The van der Waals surface area contributed by atoms with E-state index in [-0.39, 0.29) is 12.1 Å². The number of piperidine rings is 1. The van der Waals surface area contributed by atoms with Crippen molar-refractivity contribution in [3.63, 3.8) is 0 Å². The van der Waals surface area contributed by atoms with E-state index in [0.717, 1.165) is 35.5 Å². The highest BCUT2D eigenvalue weighted by Crippen LogP contribution is 2.35. The minimum Gasteiger partial charge on any atom is -0.481 e. The van der Waals surface area contributed by atoms with Crippen molar-refractivity contribution in [2.45, 2.75) is 51.7 Å². The van der Waals surface area contributed by atoms with E-state index < -0.39 is 5.60 Å². The Morgan fingerprint density at radius 1 is 1.31 bits per heavy atom. The van der Waals surface area contributed by atoms with Crippen molar-refractivity contribution in [3.8, 4) is 16.5 Å². The lowest BCUT2D eigenvalue weighted by Crippen LogP contribution is -2.42. The molecule has 0 aromatic carbocycles. The van der Waals surface area contributed by atoms with Crippen molar-refractivity contribution in [1.82, 2.24) is 14.9 Å². The topological polar surface area (TPSA) is 64.5 Å². The Kier molecular flexibility index (Phi) is 5.46. The van der Waals surface area contributed by atoms with Crippen LogP contribution in [-0.2, 0) is 4.74 Å². The third kappa shape index (κ3) is 4.33. The standard InChI is InChI=1S/C19H25N3O3S/c1-19(2,3)25-18(23)22-10-6-5-7-15(22)14-12-26-17(21-14)13-8-9-16(24-4)20-11-13/h8-9,11-12,15H,5-7,10H2,1-4H3/t15-/m1/s1. The van der Waals surface area contributed by atoms with Crippen LogP contribution in [0.1, 0.15) is 51.8 Å². The van der Waals surface area contributed by atoms with Crippen LogP contribution in [0, 0.1) is 0 Å². The molecule has 0 unspecified atom stereocenters. The number of nitrogens with zero attached hydrogens (tertiary/aromatic N) is 3. The average molecular weight is 375 g/mol. The Balaban J connectivity index is 1.80. The molecule has 2 aromatic heterocycles. The van der Waals surface area contributed by atoms with E-state index in [9.17, 15) is 4.79 Å². The molecule has 7 heteroatoms. The summed E-state index contributed by atoms with van der Waals surface area (Å²) in [4.78, 5) is 23.4. The summed E-state index contributed by atoms with van der Waals surface area (Å²) in [5.74, 6) is 0.578. The molecule has 0 spiro atoms. The molecular formula is C19H25N3O3S. The molecule has 1 fully saturated rings. The van der Waals surface area contributed by atoms with E-state index in [2.05, 4.69) is 4.98 Å².